The third kappa shape index (κ3) is 6.69. The van der Waals surface area contributed by atoms with Gasteiger partial charge < -0.3 is 10.1 Å². The van der Waals surface area contributed by atoms with Gasteiger partial charge in [-0.2, -0.15) is 0 Å². The van der Waals surface area contributed by atoms with Crippen molar-refractivity contribution in [2.45, 2.75) is 65.5 Å². The van der Waals surface area contributed by atoms with Crippen molar-refractivity contribution in [3.63, 3.8) is 0 Å². The van der Waals surface area contributed by atoms with Gasteiger partial charge in [-0.3, -0.25) is 4.79 Å². The van der Waals surface area contributed by atoms with Crippen molar-refractivity contribution in [3.05, 3.63) is 29.3 Å². The molecule has 4 heteroatoms. The molecule has 1 unspecified atom stereocenters. The number of hydrogen-bond donors (Lipinski definition) is 1. The maximum Gasteiger partial charge on any atom is 0.263 e. The van der Waals surface area contributed by atoms with Gasteiger partial charge in [-0.25, -0.2) is 0 Å². The molecular weight excluding hydrogens is 298 g/mol. The van der Waals surface area contributed by atoms with Gasteiger partial charge in [0, 0.05) is 11.1 Å². The Hall–Kier alpha value is -1.22. The zero-order valence-corrected chi connectivity index (χ0v) is 15.0. The molecule has 124 valence electrons. The second kappa shape index (κ2) is 8.42. The van der Waals surface area contributed by atoms with Crippen LogP contribution in [0.3, 0.4) is 0 Å². The summed E-state index contributed by atoms with van der Waals surface area (Å²) in [6.07, 6.45) is 3.30. The van der Waals surface area contributed by atoms with E-state index < -0.39 is 5.60 Å². The van der Waals surface area contributed by atoms with Crippen LogP contribution in [0.4, 0.5) is 0 Å². The average Bonchev–Trinajstić information content (AvgIpc) is 2.40. The van der Waals surface area contributed by atoms with E-state index in [1.54, 1.807) is 38.1 Å². The van der Waals surface area contributed by atoms with E-state index in [2.05, 4.69) is 19.2 Å². The van der Waals surface area contributed by atoms with E-state index in [1.165, 1.54) is 6.42 Å². The molecule has 0 radical (unpaired) electrons. The first-order chi connectivity index (χ1) is 10.2. The van der Waals surface area contributed by atoms with E-state index in [1.807, 2.05) is 6.92 Å². The molecule has 3 nitrogen and oxygen atoms in total. The minimum atomic E-state index is -0.917. The highest BCUT2D eigenvalue weighted by molar-refractivity contribution is 6.30. The fraction of sp³-hybridized carbons (Fsp3) is 0.611. The lowest BCUT2D eigenvalue weighted by Crippen LogP contribution is -2.49. The van der Waals surface area contributed by atoms with E-state index in [4.69, 9.17) is 16.3 Å². The summed E-state index contributed by atoms with van der Waals surface area (Å²) in [4.78, 5) is 12.4. The summed E-state index contributed by atoms with van der Waals surface area (Å²) in [5.74, 6) is 1.24. The van der Waals surface area contributed by atoms with Crippen LogP contribution in [0, 0.1) is 5.92 Å². The van der Waals surface area contributed by atoms with Crippen LogP contribution in [0.5, 0.6) is 5.75 Å². The Balaban J connectivity index is 2.49. The molecule has 1 amide bonds. The maximum absolute atomic E-state index is 12.4. The third-order valence-corrected chi connectivity index (χ3v) is 3.78. The molecule has 1 N–H and O–H groups in total. The monoisotopic (exact) mass is 325 g/mol. The Kier molecular flexibility index (Phi) is 7.21. The number of amides is 1. The molecule has 0 aliphatic carbocycles. The largest absolute Gasteiger partial charge is 0.478 e. The van der Waals surface area contributed by atoms with Gasteiger partial charge in [0.05, 0.1) is 0 Å². The fourth-order valence-corrected chi connectivity index (χ4v) is 2.27. The molecule has 0 saturated carbocycles. The van der Waals surface area contributed by atoms with Crippen molar-refractivity contribution in [2.24, 2.45) is 5.92 Å². The van der Waals surface area contributed by atoms with Crippen LogP contribution in [0.2, 0.25) is 5.02 Å². The molecule has 0 aromatic heterocycles. The first kappa shape index (κ1) is 18.8. The first-order valence-corrected chi connectivity index (χ1v) is 8.34. The highest BCUT2D eigenvalue weighted by atomic mass is 35.5. The predicted molar refractivity (Wildman–Crippen MR) is 92.5 cm³/mol. The summed E-state index contributed by atoms with van der Waals surface area (Å²) in [6, 6.07) is 7.19. The molecule has 1 aromatic rings. The topological polar surface area (TPSA) is 38.3 Å². The summed E-state index contributed by atoms with van der Waals surface area (Å²) >= 11 is 5.85. The molecule has 0 aliphatic heterocycles. The molecule has 1 rings (SSSR count). The summed E-state index contributed by atoms with van der Waals surface area (Å²) in [7, 11) is 0. The average molecular weight is 326 g/mol. The van der Waals surface area contributed by atoms with Crippen molar-refractivity contribution in [2.75, 3.05) is 0 Å². The van der Waals surface area contributed by atoms with Crippen molar-refractivity contribution in [1.29, 1.82) is 0 Å². The van der Waals surface area contributed by atoms with Crippen LogP contribution in [0.25, 0.3) is 0 Å². The summed E-state index contributed by atoms with van der Waals surface area (Å²) in [5.41, 5.74) is -0.917. The molecule has 22 heavy (non-hydrogen) atoms. The highest BCUT2D eigenvalue weighted by Gasteiger charge is 2.30. The van der Waals surface area contributed by atoms with E-state index in [9.17, 15) is 4.79 Å². The molecular formula is C18H28ClNO2. The molecule has 0 fully saturated rings. The molecule has 0 saturated heterocycles. The Morgan fingerprint density at radius 1 is 1.18 bits per heavy atom. The second-order valence-electron chi connectivity index (χ2n) is 6.77. The minimum absolute atomic E-state index is 0.0977. The van der Waals surface area contributed by atoms with Crippen LogP contribution < -0.4 is 10.1 Å². The van der Waals surface area contributed by atoms with Crippen LogP contribution in [-0.4, -0.2) is 17.6 Å². The summed E-state index contributed by atoms with van der Waals surface area (Å²) < 4.78 is 5.79. The van der Waals surface area contributed by atoms with Gasteiger partial charge in [0.25, 0.3) is 5.91 Å². The normalized spacial score (nSPS) is 13.0. The Morgan fingerprint density at radius 2 is 1.77 bits per heavy atom. The molecule has 0 aliphatic rings. The smallest absolute Gasteiger partial charge is 0.263 e. The molecule has 0 heterocycles. The van der Waals surface area contributed by atoms with E-state index in [0.717, 1.165) is 12.8 Å². The lowest BCUT2D eigenvalue weighted by Gasteiger charge is -2.27. The Labute approximate surface area is 139 Å². The zero-order chi connectivity index (χ0) is 16.8. The Bertz CT molecular complexity index is 468. The van der Waals surface area contributed by atoms with Gasteiger partial charge in [-0.05, 0) is 57.4 Å². The minimum Gasteiger partial charge on any atom is -0.478 e. The van der Waals surface area contributed by atoms with Gasteiger partial charge in [0.1, 0.15) is 5.75 Å². The van der Waals surface area contributed by atoms with Gasteiger partial charge in [0.15, 0.2) is 5.60 Å². The molecule has 1 atom stereocenters. The number of rotatable bonds is 8. The number of carbonyl (C=O) groups excluding carboxylic acids is 1. The maximum atomic E-state index is 12.4. The predicted octanol–water partition coefficient (Wildman–Crippen LogP) is 4.83. The SMILES string of the molecule is CC(C)CCCC(C)NC(=O)C(C)(C)Oc1ccc(Cl)cc1. The van der Waals surface area contributed by atoms with E-state index in [-0.39, 0.29) is 11.9 Å². The number of hydrogen-bond acceptors (Lipinski definition) is 2. The van der Waals surface area contributed by atoms with Gasteiger partial charge in [0.2, 0.25) is 0 Å². The second-order valence-corrected chi connectivity index (χ2v) is 7.20. The van der Waals surface area contributed by atoms with Crippen molar-refractivity contribution >= 4 is 17.5 Å². The number of carbonyl (C=O) groups is 1. The highest BCUT2D eigenvalue weighted by Crippen LogP contribution is 2.21. The Morgan fingerprint density at radius 3 is 2.32 bits per heavy atom. The number of halogens is 1. The third-order valence-electron chi connectivity index (χ3n) is 3.53. The quantitative estimate of drug-likeness (QED) is 0.743. The first-order valence-electron chi connectivity index (χ1n) is 7.96. The van der Waals surface area contributed by atoms with E-state index >= 15 is 0 Å². The van der Waals surface area contributed by atoms with Crippen LogP contribution in [0.15, 0.2) is 24.3 Å². The summed E-state index contributed by atoms with van der Waals surface area (Å²) in [5, 5.41) is 3.68. The molecule has 1 aromatic carbocycles. The van der Waals surface area contributed by atoms with Crippen LogP contribution >= 0.6 is 11.6 Å². The number of benzene rings is 1. The van der Waals surface area contributed by atoms with E-state index in [0.29, 0.717) is 16.7 Å². The lowest BCUT2D eigenvalue weighted by molar-refractivity contribution is -0.134. The van der Waals surface area contributed by atoms with Crippen molar-refractivity contribution in [1.82, 2.24) is 5.32 Å². The van der Waals surface area contributed by atoms with Gasteiger partial charge >= 0.3 is 0 Å². The van der Waals surface area contributed by atoms with Crippen molar-refractivity contribution < 1.29 is 9.53 Å². The van der Waals surface area contributed by atoms with Gasteiger partial charge in [-0.1, -0.05) is 38.3 Å². The zero-order valence-electron chi connectivity index (χ0n) is 14.3. The fourth-order valence-electron chi connectivity index (χ4n) is 2.15. The van der Waals surface area contributed by atoms with Crippen LogP contribution in [0.1, 0.15) is 53.9 Å². The van der Waals surface area contributed by atoms with Crippen LogP contribution in [-0.2, 0) is 4.79 Å². The van der Waals surface area contributed by atoms with Crippen molar-refractivity contribution in [3.8, 4) is 5.75 Å². The molecule has 0 spiro atoms. The number of nitrogens with one attached hydrogen (secondary N) is 1. The number of ether oxygens (including phenoxy) is 1. The molecule has 0 bridgehead atoms. The summed E-state index contributed by atoms with van der Waals surface area (Å²) in [6.45, 7) is 10.0. The van der Waals surface area contributed by atoms with Gasteiger partial charge in [-0.15, -0.1) is 0 Å². The lowest BCUT2D eigenvalue weighted by atomic mass is 10.0. The standard InChI is InChI=1S/C18H28ClNO2/c1-13(2)7-6-8-14(3)20-17(21)18(4,5)22-16-11-9-15(19)10-12-16/h9-14H,6-8H2,1-5H3,(H,20,21).